The third-order valence-electron chi connectivity index (χ3n) is 6.38. The van der Waals surface area contributed by atoms with Crippen LogP contribution in [0.2, 0.25) is 0 Å². The predicted molar refractivity (Wildman–Crippen MR) is 123 cm³/mol. The van der Waals surface area contributed by atoms with E-state index in [0.29, 0.717) is 12.8 Å². The Hall–Kier alpha value is -2.86. The van der Waals surface area contributed by atoms with Crippen LogP contribution in [0.4, 0.5) is 13.2 Å². The molecule has 2 aromatic rings. The molecule has 2 atom stereocenters. The summed E-state index contributed by atoms with van der Waals surface area (Å²) in [5, 5.41) is 0. The second kappa shape index (κ2) is 8.82. The van der Waals surface area contributed by atoms with Gasteiger partial charge >= 0.3 is 5.97 Å². The van der Waals surface area contributed by atoms with Crippen LogP contribution in [0, 0.1) is 11.6 Å². The molecule has 0 N–H and O–H groups in total. The van der Waals surface area contributed by atoms with Crippen molar-refractivity contribution in [1.29, 1.82) is 0 Å². The molecule has 2 aromatic carbocycles. The summed E-state index contributed by atoms with van der Waals surface area (Å²) < 4.78 is 50.3. The maximum atomic E-state index is 15.5. The van der Waals surface area contributed by atoms with E-state index in [1.54, 1.807) is 0 Å². The van der Waals surface area contributed by atoms with Gasteiger partial charge in [0.2, 0.25) is 0 Å². The molecule has 174 valence electrons. The minimum atomic E-state index is -1.54. The Labute approximate surface area is 192 Å². The number of benzene rings is 2. The highest BCUT2D eigenvalue weighted by Gasteiger charge is 2.42. The fraction of sp³-hybridized carbons (Fsp3) is 0.370. The number of esters is 1. The molecular formula is C27H28F3NO2. The maximum absolute atomic E-state index is 15.5. The first-order chi connectivity index (χ1) is 15.6. The van der Waals surface area contributed by atoms with E-state index >= 15 is 8.78 Å². The molecule has 0 spiro atoms. The minimum absolute atomic E-state index is 0.0504. The Morgan fingerprint density at radius 3 is 2.52 bits per heavy atom. The topological polar surface area (TPSA) is 29.5 Å². The Kier molecular flexibility index (Phi) is 6.23. The zero-order chi connectivity index (χ0) is 23.9. The van der Waals surface area contributed by atoms with Crippen LogP contribution in [0.3, 0.4) is 0 Å². The molecule has 6 heteroatoms. The van der Waals surface area contributed by atoms with Crippen molar-refractivity contribution in [2.75, 3.05) is 13.7 Å². The smallest absolute Gasteiger partial charge is 0.330 e. The van der Waals surface area contributed by atoms with Crippen LogP contribution in [0.15, 0.2) is 48.0 Å². The summed E-state index contributed by atoms with van der Waals surface area (Å²) in [5.41, 5.74) is 2.86. The lowest BCUT2D eigenvalue weighted by atomic mass is 9.83. The molecule has 4 rings (SSSR count). The van der Waals surface area contributed by atoms with Crippen LogP contribution >= 0.6 is 0 Å². The molecule has 2 aliphatic rings. The third-order valence-corrected chi connectivity index (χ3v) is 6.38. The molecule has 1 heterocycles. The first-order valence-corrected chi connectivity index (χ1v) is 11.1. The van der Waals surface area contributed by atoms with Gasteiger partial charge in [-0.05, 0) is 79.7 Å². The molecule has 0 amide bonds. The molecule has 0 fully saturated rings. The van der Waals surface area contributed by atoms with Crippen LogP contribution in [-0.2, 0) is 16.0 Å². The predicted octanol–water partition coefficient (Wildman–Crippen LogP) is 6.04. The van der Waals surface area contributed by atoms with Crippen LogP contribution in [0.1, 0.15) is 55.5 Å². The Morgan fingerprint density at radius 2 is 1.88 bits per heavy atom. The van der Waals surface area contributed by atoms with E-state index in [4.69, 9.17) is 0 Å². The van der Waals surface area contributed by atoms with Crippen LogP contribution < -0.4 is 0 Å². The molecule has 0 saturated carbocycles. The van der Waals surface area contributed by atoms with Crippen LogP contribution in [0.5, 0.6) is 0 Å². The highest BCUT2D eigenvalue weighted by atomic mass is 19.1. The Balaban J connectivity index is 1.83. The highest BCUT2D eigenvalue weighted by Crippen LogP contribution is 2.50. The Bertz CT molecular complexity index is 1120. The summed E-state index contributed by atoms with van der Waals surface area (Å²) in [7, 11) is 1.23. The van der Waals surface area contributed by atoms with E-state index in [1.165, 1.54) is 39.2 Å². The fourth-order valence-electron chi connectivity index (χ4n) is 5.04. The first kappa shape index (κ1) is 23.3. The fourth-order valence-corrected chi connectivity index (χ4v) is 5.04. The van der Waals surface area contributed by atoms with Gasteiger partial charge in [0.25, 0.3) is 0 Å². The summed E-state index contributed by atoms with van der Waals surface area (Å²) in [4.78, 5) is 13.3. The van der Waals surface area contributed by atoms with Gasteiger partial charge in [0.15, 0.2) is 0 Å². The molecule has 3 nitrogen and oxygen atoms in total. The van der Waals surface area contributed by atoms with Crippen molar-refractivity contribution in [1.82, 2.24) is 4.90 Å². The molecule has 0 radical (unpaired) electrons. The molecular weight excluding hydrogens is 427 g/mol. The van der Waals surface area contributed by atoms with Gasteiger partial charge in [0, 0.05) is 24.2 Å². The minimum Gasteiger partial charge on any atom is -0.466 e. The third kappa shape index (κ3) is 4.62. The van der Waals surface area contributed by atoms with E-state index in [-0.39, 0.29) is 23.7 Å². The molecule has 0 aromatic heterocycles. The average Bonchev–Trinajstić information content (AvgIpc) is 3.10. The standard InChI is InChI=1S/C27H28F3NO2/c1-16-11-20-19-8-6-5-7-18(19)14-21(20)26(31(16)15-27(2,3)30)25-22(28)12-17(13-23(25)29)9-10-24(32)33-4/h5-10,12-13,16,26H,11,14-15H2,1-4H3/b10-9+/t16-,26+/m1/s1. The molecule has 1 aliphatic carbocycles. The number of halogens is 3. The molecule has 0 unspecified atom stereocenters. The van der Waals surface area contributed by atoms with Gasteiger partial charge in [0.05, 0.1) is 13.2 Å². The normalized spacial score (nSPS) is 20.8. The summed E-state index contributed by atoms with van der Waals surface area (Å²) in [5.74, 6) is -2.05. The lowest BCUT2D eigenvalue weighted by molar-refractivity contribution is -0.134. The summed E-state index contributed by atoms with van der Waals surface area (Å²) in [6.45, 7) is 5.00. The summed E-state index contributed by atoms with van der Waals surface area (Å²) >= 11 is 0. The number of carbonyl (C=O) groups excluding carboxylic acids is 1. The van der Waals surface area contributed by atoms with Crippen molar-refractivity contribution < 1.29 is 22.7 Å². The molecule has 33 heavy (non-hydrogen) atoms. The number of fused-ring (bicyclic) bond motifs is 2. The van der Waals surface area contributed by atoms with Gasteiger partial charge in [-0.1, -0.05) is 24.3 Å². The largest absolute Gasteiger partial charge is 0.466 e. The van der Waals surface area contributed by atoms with E-state index in [1.807, 2.05) is 36.1 Å². The number of rotatable bonds is 5. The number of carbonyl (C=O) groups is 1. The maximum Gasteiger partial charge on any atom is 0.330 e. The molecule has 0 bridgehead atoms. The van der Waals surface area contributed by atoms with Crippen molar-refractivity contribution in [3.8, 4) is 0 Å². The van der Waals surface area contributed by atoms with Crippen molar-refractivity contribution in [3.63, 3.8) is 0 Å². The number of alkyl halides is 1. The average molecular weight is 456 g/mol. The Morgan fingerprint density at radius 1 is 1.21 bits per heavy atom. The van der Waals surface area contributed by atoms with Crippen LogP contribution in [-0.4, -0.2) is 36.2 Å². The first-order valence-electron chi connectivity index (χ1n) is 11.1. The van der Waals surface area contributed by atoms with Gasteiger partial charge < -0.3 is 4.74 Å². The SMILES string of the molecule is COC(=O)/C=C/c1cc(F)c([C@@H]2C3=C(C[C@@H](C)N2CC(C)(C)F)c2ccccc2C3)c(F)c1. The summed E-state index contributed by atoms with van der Waals surface area (Å²) in [6, 6.07) is 9.60. The number of nitrogens with zero attached hydrogens (tertiary/aromatic N) is 1. The monoisotopic (exact) mass is 455 g/mol. The lowest BCUT2D eigenvalue weighted by Gasteiger charge is -2.44. The number of ether oxygens (including phenoxy) is 1. The number of methoxy groups -OCH3 is 1. The van der Waals surface area contributed by atoms with Crippen molar-refractivity contribution >= 4 is 17.6 Å². The lowest BCUT2D eigenvalue weighted by Crippen LogP contribution is -2.47. The number of hydrogen-bond donors (Lipinski definition) is 0. The second-order valence-electron chi connectivity index (χ2n) is 9.44. The number of hydrogen-bond acceptors (Lipinski definition) is 3. The summed E-state index contributed by atoms with van der Waals surface area (Å²) in [6.07, 6.45) is 3.70. The van der Waals surface area contributed by atoms with Gasteiger partial charge in [-0.2, -0.15) is 0 Å². The zero-order valence-corrected chi connectivity index (χ0v) is 19.3. The molecule has 0 saturated heterocycles. The van der Waals surface area contributed by atoms with Crippen molar-refractivity contribution in [3.05, 3.63) is 81.9 Å². The van der Waals surface area contributed by atoms with E-state index < -0.39 is 29.3 Å². The van der Waals surface area contributed by atoms with E-state index in [9.17, 15) is 9.18 Å². The van der Waals surface area contributed by atoms with Gasteiger partial charge in [-0.25, -0.2) is 18.0 Å². The van der Waals surface area contributed by atoms with E-state index in [0.717, 1.165) is 28.3 Å². The molecule has 1 aliphatic heterocycles. The van der Waals surface area contributed by atoms with Gasteiger partial charge in [0.1, 0.15) is 17.3 Å². The highest BCUT2D eigenvalue weighted by molar-refractivity contribution is 5.87. The zero-order valence-electron chi connectivity index (χ0n) is 19.3. The van der Waals surface area contributed by atoms with Gasteiger partial charge in [-0.3, -0.25) is 4.90 Å². The van der Waals surface area contributed by atoms with E-state index in [2.05, 4.69) is 4.74 Å². The van der Waals surface area contributed by atoms with Crippen molar-refractivity contribution in [2.45, 2.75) is 51.4 Å². The van der Waals surface area contributed by atoms with Crippen molar-refractivity contribution in [2.24, 2.45) is 0 Å². The van der Waals surface area contributed by atoms with Gasteiger partial charge in [-0.15, -0.1) is 0 Å². The van der Waals surface area contributed by atoms with Crippen LogP contribution in [0.25, 0.3) is 11.6 Å². The quantitative estimate of drug-likeness (QED) is 0.406. The second-order valence-corrected chi connectivity index (χ2v) is 9.44.